The second-order valence-electron chi connectivity index (χ2n) is 10.2. The molecule has 1 aromatic carbocycles. The molecule has 3 heterocycles. The van der Waals surface area contributed by atoms with Crippen molar-refractivity contribution in [3.05, 3.63) is 59.8 Å². The first-order chi connectivity index (χ1) is 16.9. The summed E-state index contributed by atoms with van der Waals surface area (Å²) >= 11 is 0. The molecule has 1 saturated heterocycles. The predicted molar refractivity (Wildman–Crippen MR) is 136 cm³/mol. The van der Waals surface area contributed by atoms with Gasteiger partial charge in [-0.3, -0.25) is 14.7 Å². The molecule has 0 spiro atoms. The van der Waals surface area contributed by atoms with Crippen LogP contribution in [0.25, 0.3) is 16.6 Å². The van der Waals surface area contributed by atoms with Crippen molar-refractivity contribution in [3.63, 3.8) is 0 Å². The minimum Gasteiger partial charge on any atom is -0.379 e. The molecule has 3 aromatic rings. The molecule has 0 radical (unpaired) electrons. The van der Waals surface area contributed by atoms with Crippen molar-refractivity contribution < 1.29 is 13.9 Å². The lowest BCUT2D eigenvalue weighted by molar-refractivity contribution is 0.00732. The third-order valence-corrected chi connectivity index (χ3v) is 7.88. The zero-order chi connectivity index (χ0) is 24.5. The van der Waals surface area contributed by atoms with Gasteiger partial charge in [0, 0.05) is 50.0 Å². The van der Waals surface area contributed by atoms with Crippen LogP contribution in [0.4, 0.5) is 4.39 Å². The van der Waals surface area contributed by atoms with Gasteiger partial charge in [-0.05, 0) is 75.3 Å². The van der Waals surface area contributed by atoms with Crippen LogP contribution in [0.1, 0.15) is 61.4 Å². The number of amides is 1. The molecule has 2 aliphatic rings. The number of halogens is 1. The van der Waals surface area contributed by atoms with Gasteiger partial charge in [0.2, 0.25) is 0 Å². The summed E-state index contributed by atoms with van der Waals surface area (Å²) in [6.45, 7) is 7.66. The van der Waals surface area contributed by atoms with E-state index < -0.39 is 5.82 Å². The van der Waals surface area contributed by atoms with Crippen molar-refractivity contribution in [2.75, 3.05) is 33.4 Å². The SMILES string of the molecule is CC(C)N(C)C(=O)c1cc(F)ccc1-n1cc(C2CCC(N3CCOCC3)CC2)c2ccncc21. The van der Waals surface area contributed by atoms with Crippen molar-refractivity contribution in [2.45, 2.75) is 57.5 Å². The van der Waals surface area contributed by atoms with Gasteiger partial charge in [0.1, 0.15) is 5.82 Å². The third-order valence-electron chi connectivity index (χ3n) is 7.88. The van der Waals surface area contributed by atoms with E-state index in [1.807, 2.05) is 30.8 Å². The largest absolute Gasteiger partial charge is 0.379 e. The fraction of sp³-hybridized carbons (Fsp3) is 0.500. The minimum absolute atomic E-state index is 0.0129. The zero-order valence-electron chi connectivity index (χ0n) is 20.9. The highest BCUT2D eigenvalue weighted by Crippen LogP contribution is 2.40. The van der Waals surface area contributed by atoms with Crippen LogP contribution in [0, 0.1) is 5.82 Å². The van der Waals surface area contributed by atoms with Crippen LogP contribution in [-0.2, 0) is 4.74 Å². The quantitative estimate of drug-likeness (QED) is 0.518. The van der Waals surface area contributed by atoms with E-state index in [4.69, 9.17) is 4.74 Å². The number of hydrogen-bond acceptors (Lipinski definition) is 4. The second kappa shape index (κ2) is 10.1. The average Bonchev–Trinajstić information content (AvgIpc) is 3.28. The van der Waals surface area contributed by atoms with Gasteiger partial charge in [0.15, 0.2) is 0 Å². The van der Waals surface area contributed by atoms with Gasteiger partial charge in [-0.25, -0.2) is 4.39 Å². The molecule has 1 amide bonds. The van der Waals surface area contributed by atoms with Crippen molar-refractivity contribution >= 4 is 16.8 Å². The number of carbonyl (C=O) groups is 1. The van der Waals surface area contributed by atoms with E-state index in [2.05, 4.69) is 22.1 Å². The minimum atomic E-state index is -0.412. The summed E-state index contributed by atoms with van der Waals surface area (Å²) < 4.78 is 21.9. The zero-order valence-corrected chi connectivity index (χ0v) is 20.9. The molecular formula is C28H35FN4O2. The Hall–Kier alpha value is -2.77. The number of fused-ring (bicyclic) bond motifs is 1. The van der Waals surface area contributed by atoms with E-state index in [9.17, 15) is 9.18 Å². The van der Waals surface area contributed by atoms with Gasteiger partial charge in [-0.2, -0.15) is 0 Å². The van der Waals surface area contributed by atoms with E-state index in [1.54, 1.807) is 18.0 Å². The highest BCUT2D eigenvalue weighted by molar-refractivity contribution is 5.99. The van der Waals surface area contributed by atoms with Crippen LogP contribution in [-0.4, -0.2) is 70.7 Å². The molecule has 1 saturated carbocycles. The first-order valence-corrected chi connectivity index (χ1v) is 12.8. The lowest BCUT2D eigenvalue weighted by atomic mass is 9.81. The fourth-order valence-electron chi connectivity index (χ4n) is 5.63. The van der Waals surface area contributed by atoms with Gasteiger partial charge < -0.3 is 14.2 Å². The summed E-state index contributed by atoms with van der Waals surface area (Å²) in [6.07, 6.45) is 10.5. The maximum atomic E-state index is 14.3. The summed E-state index contributed by atoms with van der Waals surface area (Å²) in [5, 5.41) is 1.16. The summed E-state index contributed by atoms with van der Waals surface area (Å²) in [5.74, 6) is -0.144. The van der Waals surface area contributed by atoms with Crippen LogP contribution in [0.3, 0.4) is 0 Å². The van der Waals surface area contributed by atoms with Gasteiger partial charge >= 0.3 is 0 Å². The van der Waals surface area contributed by atoms with Crippen LogP contribution in [0.15, 0.2) is 42.9 Å². The van der Waals surface area contributed by atoms with Gasteiger partial charge in [-0.1, -0.05) is 0 Å². The predicted octanol–water partition coefficient (Wildman–Crippen LogP) is 5.00. The number of benzene rings is 1. The number of nitrogens with zero attached hydrogens (tertiary/aromatic N) is 4. The summed E-state index contributed by atoms with van der Waals surface area (Å²) in [4.78, 5) is 21.9. The molecule has 7 heteroatoms. The first-order valence-electron chi connectivity index (χ1n) is 12.8. The Morgan fingerprint density at radius 1 is 1.14 bits per heavy atom. The summed E-state index contributed by atoms with van der Waals surface area (Å²) in [7, 11) is 1.76. The molecule has 0 atom stereocenters. The Balaban J connectivity index is 1.49. The summed E-state index contributed by atoms with van der Waals surface area (Å²) in [6, 6.07) is 7.21. The van der Waals surface area contributed by atoms with Crippen LogP contribution < -0.4 is 0 Å². The van der Waals surface area contributed by atoms with Gasteiger partial charge in [0.05, 0.1) is 36.2 Å². The molecule has 186 valence electrons. The molecule has 1 aliphatic carbocycles. The van der Waals surface area contributed by atoms with E-state index in [1.165, 1.54) is 30.5 Å². The smallest absolute Gasteiger partial charge is 0.256 e. The molecule has 0 N–H and O–H groups in total. The third kappa shape index (κ3) is 4.71. The number of morpholine rings is 1. The molecule has 6 nitrogen and oxygen atoms in total. The lowest BCUT2D eigenvalue weighted by Crippen LogP contribution is -2.44. The highest BCUT2D eigenvalue weighted by Gasteiger charge is 2.30. The second-order valence-corrected chi connectivity index (χ2v) is 10.2. The van der Waals surface area contributed by atoms with Crippen LogP contribution >= 0.6 is 0 Å². The van der Waals surface area contributed by atoms with E-state index in [0.717, 1.165) is 50.0 Å². The Kier molecular flexibility index (Phi) is 6.89. The number of pyridine rings is 1. The molecule has 2 aromatic heterocycles. The van der Waals surface area contributed by atoms with Crippen LogP contribution in [0.5, 0.6) is 0 Å². The number of aromatic nitrogens is 2. The molecule has 0 unspecified atom stereocenters. The molecule has 5 rings (SSSR count). The molecule has 0 bridgehead atoms. The topological polar surface area (TPSA) is 50.6 Å². The maximum absolute atomic E-state index is 14.3. The Morgan fingerprint density at radius 3 is 2.60 bits per heavy atom. The van der Waals surface area contributed by atoms with Crippen molar-refractivity contribution in [2.24, 2.45) is 0 Å². The first kappa shape index (κ1) is 23.9. The van der Waals surface area contributed by atoms with E-state index >= 15 is 0 Å². The monoisotopic (exact) mass is 478 g/mol. The highest BCUT2D eigenvalue weighted by atomic mass is 19.1. The lowest BCUT2D eigenvalue weighted by Gasteiger charge is -2.38. The Labute approximate surface area is 206 Å². The van der Waals surface area contributed by atoms with Crippen molar-refractivity contribution in [1.82, 2.24) is 19.4 Å². The number of ether oxygens (including phenoxy) is 1. The van der Waals surface area contributed by atoms with Crippen molar-refractivity contribution in [3.8, 4) is 5.69 Å². The number of carbonyl (C=O) groups excluding carboxylic acids is 1. The Bertz CT molecular complexity index is 1190. The molecule has 1 aliphatic heterocycles. The van der Waals surface area contributed by atoms with E-state index in [0.29, 0.717) is 23.2 Å². The van der Waals surface area contributed by atoms with Crippen LogP contribution in [0.2, 0.25) is 0 Å². The number of rotatable bonds is 5. The standard InChI is InChI=1S/C28H35FN4O2/c1-19(2)31(3)28(34)24-16-21(29)6-9-26(24)33-18-25(23-10-11-30-17-27(23)33)20-4-7-22(8-5-20)32-12-14-35-15-13-32/h6,9-11,16-20,22H,4-5,7-8,12-15H2,1-3H3. The normalized spacial score (nSPS) is 21.5. The number of hydrogen-bond donors (Lipinski definition) is 0. The molecular weight excluding hydrogens is 443 g/mol. The fourth-order valence-corrected chi connectivity index (χ4v) is 5.63. The average molecular weight is 479 g/mol. The van der Waals surface area contributed by atoms with E-state index in [-0.39, 0.29) is 11.9 Å². The summed E-state index contributed by atoms with van der Waals surface area (Å²) in [5.41, 5.74) is 3.30. The van der Waals surface area contributed by atoms with Crippen molar-refractivity contribution in [1.29, 1.82) is 0 Å². The Morgan fingerprint density at radius 2 is 1.89 bits per heavy atom. The van der Waals surface area contributed by atoms with Gasteiger partial charge in [-0.15, -0.1) is 0 Å². The molecule has 35 heavy (non-hydrogen) atoms. The maximum Gasteiger partial charge on any atom is 0.256 e. The molecule has 2 fully saturated rings. The van der Waals surface area contributed by atoms with Gasteiger partial charge in [0.25, 0.3) is 5.91 Å².